The van der Waals surface area contributed by atoms with Crippen LogP contribution in [0.15, 0.2) is 0 Å². The van der Waals surface area contributed by atoms with Crippen LogP contribution in [0.25, 0.3) is 0 Å². The van der Waals surface area contributed by atoms with Gasteiger partial charge in [0.1, 0.15) is 17.8 Å². The molecule has 2 aromatic rings. The van der Waals surface area contributed by atoms with Crippen LogP contribution in [0.3, 0.4) is 0 Å². The minimum absolute atomic E-state index is 0.0939. The number of morpholine rings is 1. The molecule has 2 aromatic heterocycles. The van der Waals surface area contributed by atoms with Crippen molar-refractivity contribution in [3.05, 3.63) is 17.5 Å². The summed E-state index contributed by atoms with van der Waals surface area (Å²) in [5, 5.41) is 8.21. The maximum Gasteiger partial charge on any atom is 0.205 e. The molecule has 8 heteroatoms. The number of hydrogen-bond acceptors (Lipinski definition) is 7. The SMILES string of the molecule is CCc1nc(C2CN(c3nc(C4CC4)ns3)CCO2)n[nH]1. The lowest BCUT2D eigenvalue weighted by Crippen LogP contribution is -2.38. The smallest absolute Gasteiger partial charge is 0.205 e. The molecule has 0 amide bonds. The molecule has 3 heterocycles. The van der Waals surface area contributed by atoms with Crippen LogP contribution in [0.5, 0.6) is 0 Å². The Morgan fingerprint density at radius 1 is 1.33 bits per heavy atom. The van der Waals surface area contributed by atoms with E-state index in [1.165, 1.54) is 24.4 Å². The van der Waals surface area contributed by atoms with E-state index in [0.29, 0.717) is 12.5 Å². The average Bonchev–Trinajstić information content (AvgIpc) is 3.07. The van der Waals surface area contributed by atoms with Gasteiger partial charge in [0.15, 0.2) is 5.82 Å². The van der Waals surface area contributed by atoms with Gasteiger partial charge in [-0.2, -0.15) is 9.47 Å². The summed E-state index contributed by atoms with van der Waals surface area (Å²) >= 11 is 1.49. The summed E-state index contributed by atoms with van der Waals surface area (Å²) in [5.41, 5.74) is 0. The van der Waals surface area contributed by atoms with Crippen molar-refractivity contribution in [1.82, 2.24) is 24.5 Å². The van der Waals surface area contributed by atoms with Crippen molar-refractivity contribution in [3.8, 4) is 0 Å². The molecule has 7 nitrogen and oxygen atoms in total. The maximum atomic E-state index is 5.81. The van der Waals surface area contributed by atoms with Crippen LogP contribution < -0.4 is 4.90 Å². The summed E-state index contributed by atoms with van der Waals surface area (Å²) in [6.45, 7) is 4.30. The summed E-state index contributed by atoms with van der Waals surface area (Å²) < 4.78 is 10.3. The number of nitrogens with zero attached hydrogens (tertiary/aromatic N) is 5. The van der Waals surface area contributed by atoms with Gasteiger partial charge in [0.05, 0.1) is 13.2 Å². The quantitative estimate of drug-likeness (QED) is 0.925. The van der Waals surface area contributed by atoms with Gasteiger partial charge >= 0.3 is 0 Å². The van der Waals surface area contributed by atoms with E-state index in [-0.39, 0.29) is 6.10 Å². The molecular formula is C13H18N6OS. The summed E-state index contributed by atoms with van der Waals surface area (Å²) in [5.74, 6) is 3.26. The van der Waals surface area contributed by atoms with Gasteiger partial charge in [-0.25, -0.2) is 9.97 Å². The molecule has 0 aromatic carbocycles. The van der Waals surface area contributed by atoms with E-state index in [1.807, 2.05) is 0 Å². The molecule has 0 radical (unpaired) electrons. The summed E-state index contributed by atoms with van der Waals surface area (Å²) in [6.07, 6.45) is 3.23. The molecule has 1 N–H and O–H groups in total. The predicted molar refractivity (Wildman–Crippen MR) is 78.6 cm³/mol. The van der Waals surface area contributed by atoms with Crippen molar-refractivity contribution >= 4 is 16.7 Å². The Kier molecular flexibility index (Phi) is 3.34. The minimum Gasteiger partial charge on any atom is -0.366 e. The molecule has 21 heavy (non-hydrogen) atoms. The molecule has 1 atom stereocenters. The average molecular weight is 306 g/mol. The normalized spacial score (nSPS) is 22.7. The van der Waals surface area contributed by atoms with Gasteiger partial charge in [-0.3, -0.25) is 5.10 Å². The molecule has 1 unspecified atom stereocenters. The number of aryl methyl sites for hydroxylation is 1. The lowest BCUT2D eigenvalue weighted by Gasteiger charge is -2.30. The van der Waals surface area contributed by atoms with E-state index in [1.54, 1.807) is 0 Å². The van der Waals surface area contributed by atoms with Crippen LogP contribution in [0, 0.1) is 0 Å². The van der Waals surface area contributed by atoms with Crippen molar-refractivity contribution < 1.29 is 4.74 Å². The predicted octanol–water partition coefficient (Wildman–Crippen LogP) is 1.67. The Bertz CT molecular complexity index is 622. The number of nitrogens with one attached hydrogen (secondary N) is 1. The largest absolute Gasteiger partial charge is 0.366 e. The Labute approximate surface area is 126 Å². The molecule has 112 valence electrons. The molecular weight excluding hydrogens is 288 g/mol. The Balaban J connectivity index is 1.48. The summed E-state index contributed by atoms with van der Waals surface area (Å²) in [4.78, 5) is 11.4. The van der Waals surface area contributed by atoms with Crippen molar-refractivity contribution in [1.29, 1.82) is 0 Å². The third-order valence-electron chi connectivity index (χ3n) is 3.88. The lowest BCUT2D eigenvalue weighted by molar-refractivity contribution is 0.0342. The van der Waals surface area contributed by atoms with Gasteiger partial charge in [-0.15, -0.1) is 0 Å². The highest BCUT2D eigenvalue weighted by Crippen LogP contribution is 2.40. The number of rotatable bonds is 4. The first kappa shape index (κ1) is 13.1. The van der Waals surface area contributed by atoms with Crippen LogP contribution in [-0.4, -0.2) is 44.2 Å². The molecule has 2 aliphatic rings. The molecule has 1 aliphatic heterocycles. The Morgan fingerprint density at radius 2 is 2.24 bits per heavy atom. The van der Waals surface area contributed by atoms with Gasteiger partial charge in [-0.1, -0.05) is 6.92 Å². The lowest BCUT2D eigenvalue weighted by atomic mass is 10.2. The first-order valence-corrected chi connectivity index (χ1v) is 8.22. The molecule has 0 spiro atoms. The fourth-order valence-corrected chi connectivity index (χ4v) is 3.23. The van der Waals surface area contributed by atoms with Crippen molar-refractivity contribution in [3.63, 3.8) is 0 Å². The molecule has 4 rings (SSSR count). The van der Waals surface area contributed by atoms with Gasteiger partial charge in [0.2, 0.25) is 5.13 Å². The second-order valence-corrected chi connectivity index (χ2v) is 6.24. The number of aromatic amines is 1. The summed E-state index contributed by atoms with van der Waals surface area (Å²) in [6, 6.07) is 0. The van der Waals surface area contributed by atoms with Crippen molar-refractivity contribution in [2.45, 2.75) is 38.2 Å². The number of anilines is 1. The first-order chi connectivity index (χ1) is 10.3. The Hall–Kier alpha value is -1.54. The van der Waals surface area contributed by atoms with Crippen LogP contribution in [0.4, 0.5) is 5.13 Å². The zero-order chi connectivity index (χ0) is 14.2. The minimum atomic E-state index is -0.0939. The number of hydrogen-bond donors (Lipinski definition) is 1. The second kappa shape index (κ2) is 5.34. The van der Waals surface area contributed by atoms with Crippen LogP contribution in [0.2, 0.25) is 0 Å². The zero-order valence-corrected chi connectivity index (χ0v) is 12.8. The van der Waals surface area contributed by atoms with E-state index < -0.39 is 0 Å². The molecule has 1 saturated carbocycles. The van der Waals surface area contributed by atoms with Crippen LogP contribution >= 0.6 is 11.5 Å². The number of aromatic nitrogens is 5. The second-order valence-electron chi connectivity index (χ2n) is 5.51. The fourth-order valence-electron chi connectivity index (χ4n) is 2.45. The van der Waals surface area contributed by atoms with E-state index >= 15 is 0 Å². The molecule has 1 saturated heterocycles. The van der Waals surface area contributed by atoms with Crippen molar-refractivity contribution in [2.24, 2.45) is 0 Å². The van der Waals surface area contributed by atoms with E-state index in [0.717, 1.165) is 42.1 Å². The topological polar surface area (TPSA) is 79.8 Å². The maximum absolute atomic E-state index is 5.81. The molecule has 2 fully saturated rings. The van der Waals surface area contributed by atoms with E-state index in [4.69, 9.17) is 4.74 Å². The highest BCUT2D eigenvalue weighted by Gasteiger charge is 2.31. The van der Waals surface area contributed by atoms with Crippen LogP contribution in [0.1, 0.15) is 49.3 Å². The zero-order valence-electron chi connectivity index (χ0n) is 11.9. The molecule has 1 aliphatic carbocycles. The third-order valence-corrected chi connectivity index (χ3v) is 4.67. The van der Waals surface area contributed by atoms with Gasteiger partial charge < -0.3 is 9.64 Å². The van der Waals surface area contributed by atoms with Gasteiger partial charge in [0.25, 0.3) is 0 Å². The third kappa shape index (κ3) is 2.65. The highest BCUT2D eigenvalue weighted by molar-refractivity contribution is 7.09. The standard InChI is InChI=1S/C13H18N6OS/c1-2-10-14-12(17-16-10)9-7-19(5-6-20-9)13-15-11(18-21-13)8-3-4-8/h8-9H,2-7H2,1H3,(H,14,16,17). The van der Waals surface area contributed by atoms with Crippen LogP contribution in [-0.2, 0) is 11.2 Å². The van der Waals surface area contributed by atoms with Gasteiger partial charge in [-0.05, 0) is 12.8 Å². The van der Waals surface area contributed by atoms with Crippen molar-refractivity contribution in [2.75, 3.05) is 24.6 Å². The Morgan fingerprint density at radius 3 is 3.00 bits per heavy atom. The van der Waals surface area contributed by atoms with E-state index in [9.17, 15) is 0 Å². The van der Waals surface area contributed by atoms with Gasteiger partial charge in [0, 0.05) is 30.4 Å². The number of H-pyrrole nitrogens is 1. The summed E-state index contributed by atoms with van der Waals surface area (Å²) in [7, 11) is 0. The first-order valence-electron chi connectivity index (χ1n) is 7.45. The molecule has 0 bridgehead atoms. The fraction of sp³-hybridized carbons (Fsp3) is 0.692. The highest BCUT2D eigenvalue weighted by atomic mass is 32.1. The number of ether oxygens (including phenoxy) is 1. The van der Waals surface area contributed by atoms with E-state index in [2.05, 4.69) is 36.4 Å². The monoisotopic (exact) mass is 306 g/mol.